The molecule has 4 atom stereocenters. The SMILES string of the molecule is CNC(=O)C[C@H](NC(=O)[C@@H]1C[C@@H](O)CN1C(=O)[C@@H](NC(C)=O)C(C)(C)C)c1ccc(-c2scnc2C)cc1. The molecule has 206 valence electrons. The summed E-state index contributed by atoms with van der Waals surface area (Å²) in [6.45, 7) is 8.72. The van der Waals surface area contributed by atoms with E-state index >= 15 is 0 Å². The molecule has 1 aliphatic rings. The zero-order valence-corrected chi connectivity index (χ0v) is 23.5. The van der Waals surface area contributed by atoms with Crippen molar-refractivity contribution >= 4 is 35.0 Å². The predicted molar refractivity (Wildman–Crippen MR) is 145 cm³/mol. The molecule has 2 heterocycles. The lowest BCUT2D eigenvalue weighted by molar-refractivity contribution is -0.144. The van der Waals surface area contributed by atoms with Crippen molar-refractivity contribution in [3.63, 3.8) is 0 Å². The van der Waals surface area contributed by atoms with Gasteiger partial charge in [-0.3, -0.25) is 19.2 Å². The number of carbonyl (C=O) groups excluding carboxylic acids is 4. The van der Waals surface area contributed by atoms with E-state index in [4.69, 9.17) is 0 Å². The molecule has 4 N–H and O–H groups in total. The smallest absolute Gasteiger partial charge is 0.246 e. The number of aryl methyl sites for hydroxylation is 1. The van der Waals surface area contributed by atoms with Crippen molar-refractivity contribution in [3.05, 3.63) is 41.0 Å². The van der Waals surface area contributed by atoms with Crippen LogP contribution >= 0.6 is 11.3 Å². The molecule has 11 heteroatoms. The molecular weight excluding hydrogens is 506 g/mol. The minimum atomic E-state index is -0.942. The van der Waals surface area contributed by atoms with Crippen molar-refractivity contribution in [2.24, 2.45) is 5.41 Å². The molecule has 1 saturated heterocycles. The number of β-amino-alcohol motifs (C(OH)–C–C–N with tert-alkyl or cyclic N) is 1. The summed E-state index contributed by atoms with van der Waals surface area (Å²) in [6, 6.07) is 5.11. The molecule has 10 nitrogen and oxygen atoms in total. The lowest BCUT2D eigenvalue weighted by Crippen LogP contribution is -2.57. The number of carbonyl (C=O) groups is 4. The van der Waals surface area contributed by atoms with Gasteiger partial charge in [0.25, 0.3) is 0 Å². The third kappa shape index (κ3) is 6.96. The number of rotatable bonds is 8. The number of likely N-dealkylation sites (tertiary alicyclic amines) is 1. The van der Waals surface area contributed by atoms with Crippen LogP contribution in [-0.4, -0.2) is 70.4 Å². The molecule has 1 aliphatic heterocycles. The molecule has 38 heavy (non-hydrogen) atoms. The predicted octanol–water partition coefficient (Wildman–Crippen LogP) is 1.92. The van der Waals surface area contributed by atoms with E-state index in [-0.39, 0.29) is 31.2 Å². The average molecular weight is 544 g/mol. The molecular formula is C27H37N5O5S. The Morgan fingerprint density at radius 3 is 2.34 bits per heavy atom. The highest BCUT2D eigenvalue weighted by molar-refractivity contribution is 7.13. The number of hydrogen-bond donors (Lipinski definition) is 4. The second-order valence-corrected chi connectivity index (χ2v) is 11.6. The fourth-order valence-corrected chi connectivity index (χ4v) is 5.39. The molecule has 1 fully saturated rings. The molecule has 1 aromatic heterocycles. The van der Waals surface area contributed by atoms with E-state index in [1.807, 2.05) is 52.0 Å². The Kier molecular flexibility index (Phi) is 9.26. The van der Waals surface area contributed by atoms with Gasteiger partial charge in [0.2, 0.25) is 23.6 Å². The summed E-state index contributed by atoms with van der Waals surface area (Å²) in [5.74, 6) is -1.52. The van der Waals surface area contributed by atoms with Gasteiger partial charge < -0.3 is 26.0 Å². The lowest BCUT2D eigenvalue weighted by Gasteiger charge is -2.35. The van der Waals surface area contributed by atoms with Crippen LogP contribution in [0.4, 0.5) is 0 Å². The first-order valence-corrected chi connectivity index (χ1v) is 13.5. The van der Waals surface area contributed by atoms with E-state index in [1.165, 1.54) is 30.2 Å². The number of thiazole rings is 1. The van der Waals surface area contributed by atoms with Crippen molar-refractivity contribution in [2.45, 2.75) is 71.7 Å². The van der Waals surface area contributed by atoms with Crippen molar-refractivity contribution in [1.29, 1.82) is 0 Å². The van der Waals surface area contributed by atoms with Gasteiger partial charge in [-0.1, -0.05) is 45.0 Å². The first kappa shape index (κ1) is 29.2. The van der Waals surface area contributed by atoms with Crippen LogP contribution in [-0.2, 0) is 19.2 Å². The average Bonchev–Trinajstić information content (AvgIpc) is 3.46. The monoisotopic (exact) mass is 543 g/mol. The zero-order valence-electron chi connectivity index (χ0n) is 22.7. The van der Waals surface area contributed by atoms with Gasteiger partial charge in [0.05, 0.1) is 34.6 Å². The first-order chi connectivity index (χ1) is 17.8. The minimum Gasteiger partial charge on any atom is -0.391 e. The summed E-state index contributed by atoms with van der Waals surface area (Å²) in [7, 11) is 1.53. The van der Waals surface area contributed by atoms with Crippen LogP contribution in [0, 0.1) is 12.3 Å². The van der Waals surface area contributed by atoms with Crippen LogP contribution < -0.4 is 16.0 Å². The van der Waals surface area contributed by atoms with E-state index in [0.29, 0.717) is 0 Å². The molecule has 0 bridgehead atoms. The van der Waals surface area contributed by atoms with E-state index in [2.05, 4.69) is 20.9 Å². The quantitative estimate of drug-likeness (QED) is 0.401. The van der Waals surface area contributed by atoms with Crippen LogP contribution in [0.3, 0.4) is 0 Å². The molecule has 0 unspecified atom stereocenters. The molecule has 0 radical (unpaired) electrons. The number of aromatic nitrogens is 1. The number of amides is 4. The fourth-order valence-electron chi connectivity index (χ4n) is 4.58. The molecule has 0 spiro atoms. The Morgan fingerprint density at radius 2 is 1.82 bits per heavy atom. The molecule has 1 aromatic carbocycles. The van der Waals surface area contributed by atoms with Gasteiger partial charge in [-0.15, -0.1) is 11.3 Å². The van der Waals surface area contributed by atoms with Gasteiger partial charge in [0, 0.05) is 26.9 Å². The second-order valence-electron chi connectivity index (χ2n) is 10.7. The summed E-state index contributed by atoms with van der Waals surface area (Å²) in [5, 5.41) is 18.6. The van der Waals surface area contributed by atoms with Crippen LogP contribution in [0.25, 0.3) is 10.4 Å². The number of aliphatic hydroxyl groups excluding tert-OH is 1. The standard InChI is InChI=1S/C27H37N5O5S/c1-15-23(38-14-29-15)18-9-7-17(8-10-18)20(12-22(35)28-6)31-25(36)21-11-19(34)13-32(21)26(37)24(27(3,4)5)30-16(2)33/h7-10,14,19-21,24,34H,11-13H2,1-6H3,(H,28,35)(H,30,33)(H,31,36)/t19-,20+,21+,24-/m1/s1. The number of benzene rings is 1. The fraction of sp³-hybridized carbons (Fsp3) is 0.519. The number of aliphatic hydroxyl groups is 1. The Balaban J connectivity index is 1.84. The number of nitrogens with zero attached hydrogens (tertiary/aromatic N) is 2. The summed E-state index contributed by atoms with van der Waals surface area (Å²) in [5.41, 5.74) is 3.81. The largest absolute Gasteiger partial charge is 0.391 e. The maximum absolute atomic E-state index is 13.5. The van der Waals surface area contributed by atoms with Crippen molar-refractivity contribution < 1.29 is 24.3 Å². The maximum atomic E-state index is 13.5. The molecule has 0 saturated carbocycles. The normalized spacial score (nSPS) is 19.0. The Bertz CT molecular complexity index is 1170. The van der Waals surface area contributed by atoms with Crippen molar-refractivity contribution in [1.82, 2.24) is 25.8 Å². The highest BCUT2D eigenvalue weighted by Gasteiger charge is 2.44. The van der Waals surface area contributed by atoms with Gasteiger partial charge in [-0.25, -0.2) is 4.98 Å². The lowest BCUT2D eigenvalue weighted by atomic mass is 9.85. The minimum absolute atomic E-state index is 0.000893. The summed E-state index contributed by atoms with van der Waals surface area (Å²) < 4.78 is 0. The highest BCUT2D eigenvalue weighted by Crippen LogP contribution is 2.30. The van der Waals surface area contributed by atoms with Crippen LogP contribution in [0.1, 0.15) is 57.8 Å². The van der Waals surface area contributed by atoms with Crippen molar-refractivity contribution in [3.8, 4) is 10.4 Å². The first-order valence-electron chi connectivity index (χ1n) is 12.6. The topological polar surface area (TPSA) is 141 Å². The van der Waals surface area contributed by atoms with Gasteiger partial charge in [0.1, 0.15) is 12.1 Å². The van der Waals surface area contributed by atoms with Gasteiger partial charge in [-0.2, -0.15) is 0 Å². The Hall–Kier alpha value is -3.31. The van der Waals surface area contributed by atoms with Gasteiger partial charge >= 0.3 is 0 Å². The third-order valence-electron chi connectivity index (χ3n) is 6.63. The van der Waals surface area contributed by atoms with Crippen LogP contribution in [0.2, 0.25) is 0 Å². The summed E-state index contributed by atoms with van der Waals surface area (Å²) >= 11 is 1.54. The summed E-state index contributed by atoms with van der Waals surface area (Å²) in [4.78, 5) is 57.8. The van der Waals surface area contributed by atoms with Crippen LogP contribution in [0.5, 0.6) is 0 Å². The van der Waals surface area contributed by atoms with E-state index < -0.39 is 41.5 Å². The summed E-state index contributed by atoms with van der Waals surface area (Å²) in [6.07, 6.45) is -0.821. The van der Waals surface area contributed by atoms with Gasteiger partial charge in [-0.05, 0) is 23.5 Å². The highest BCUT2D eigenvalue weighted by atomic mass is 32.1. The number of nitrogens with one attached hydrogen (secondary N) is 3. The Morgan fingerprint density at radius 1 is 1.16 bits per heavy atom. The third-order valence-corrected chi connectivity index (χ3v) is 7.61. The van der Waals surface area contributed by atoms with E-state index in [9.17, 15) is 24.3 Å². The van der Waals surface area contributed by atoms with E-state index in [0.717, 1.165) is 21.7 Å². The maximum Gasteiger partial charge on any atom is 0.246 e. The second kappa shape index (κ2) is 12.0. The molecule has 2 aromatic rings. The van der Waals surface area contributed by atoms with Crippen molar-refractivity contribution in [2.75, 3.05) is 13.6 Å². The van der Waals surface area contributed by atoms with Crippen LogP contribution in [0.15, 0.2) is 29.8 Å². The molecule has 3 rings (SSSR count). The molecule has 0 aliphatic carbocycles. The Labute approximate surface area is 227 Å². The van der Waals surface area contributed by atoms with E-state index in [1.54, 1.807) is 5.51 Å². The zero-order chi connectivity index (χ0) is 28.2. The van der Waals surface area contributed by atoms with Gasteiger partial charge in [0.15, 0.2) is 0 Å². The molecule has 4 amide bonds. The number of hydrogen-bond acceptors (Lipinski definition) is 7.